The first-order chi connectivity index (χ1) is 10.2. The molecule has 2 aromatic rings. The van der Waals surface area contributed by atoms with Gasteiger partial charge >= 0.3 is 0 Å². The number of thioether (sulfide) groups is 1. The Morgan fingerprint density at radius 1 is 0.952 bits per heavy atom. The van der Waals surface area contributed by atoms with Crippen molar-refractivity contribution < 1.29 is 0 Å². The molecule has 2 rings (SSSR count). The molecule has 112 valence electrons. The van der Waals surface area contributed by atoms with Crippen molar-refractivity contribution in [3.63, 3.8) is 0 Å². The highest BCUT2D eigenvalue weighted by Crippen LogP contribution is 2.17. The third-order valence-corrected chi connectivity index (χ3v) is 4.22. The third kappa shape index (κ3) is 5.20. The van der Waals surface area contributed by atoms with Crippen molar-refractivity contribution in [1.29, 1.82) is 0 Å². The summed E-state index contributed by atoms with van der Waals surface area (Å²) >= 11 is 1.79. The predicted molar refractivity (Wildman–Crippen MR) is 92.6 cm³/mol. The van der Waals surface area contributed by atoms with Gasteiger partial charge in [0, 0.05) is 18.0 Å². The van der Waals surface area contributed by atoms with Gasteiger partial charge in [0.25, 0.3) is 0 Å². The Kier molecular flexibility index (Phi) is 6.30. The number of hydrogen-bond donors (Lipinski definition) is 1. The highest BCUT2D eigenvalue weighted by molar-refractivity contribution is 7.98. The average molecular weight is 300 g/mol. The standard InChI is InChI=1S/C18H24N2S/c1-20(14-17-4-3-5-18(12-17)21-2)13-16-8-6-15(7-9-16)10-11-19/h3-9,12H,10-11,13-14,19H2,1-2H3. The molecule has 0 aromatic heterocycles. The van der Waals surface area contributed by atoms with E-state index in [1.54, 1.807) is 11.8 Å². The molecule has 2 aromatic carbocycles. The molecule has 0 atom stereocenters. The van der Waals surface area contributed by atoms with Crippen LogP contribution in [0.3, 0.4) is 0 Å². The number of nitrogens with zero attached hydrogens (tertiary/aromatic N) is 1. The van der Waals surface area contributed by atoms with Crippen LogP contribution in [0.2, 0.25) is 0 Å². The van der Waals surface area contributed by atoms with Gasteiger partial charge in [-0.2, -0.15) is 0 Å². The quantitative estimate of drug-likeness (QED) is 0.793. The summed E-state index contributed by atoms with van der Waals surface area (Å²) in [7, 11) is 2.17. The molecule has 2 nitrogen and oxygen atoms in total. The maximum Gasteiger partial charge on any atom is 0.0234 e. The molecule has 0 aliphatic carbocycles. The minimum atomic E-state index is 0.713. The van der Waals surface area contributed by atoms with Crippen LogP contribution in [0.1, 0.15) is 16.7 Å². The Bertz CT molecular complexity index is 551. The molecule has 0 saturated carbocycles. The minimum Gasteiger partial charge on any atom is -0.330 e. The van der Waals surface area contributed by atoms with E-state index in [1.165, 1.54) is 21.6 Å². The summed E-state index contributed by atoms with van der Waals surface area (Å²) in [6, 6.07) is 17.5. The molecule has 0 fully saturated rings. The average Bonchev–Trinajstić information content (AvgIpc) is 2.49. The van der Waals surface area contributed by atoms with Gasteiger partial charge in [0.1, 0.15) is 0 Å². The van der Waals surface area contributed by atoms with E-state index in [0.717, 1.165) is 19.5 Å². The monoisotopic (exact) mass is 300 g/mol. The van der Waals surface area contributed by atoms with Gasteiger partial charge in [-0.25, -0.2) is 0 Å². The van der Waals surface area contributed by atoms with Crippen molar-refractivity contribution in [2.24, 2.45) is 5.73 Å². The van der Waals surface area contributed by atoms with Crippen LogP contribution in [0.15, 0.2) is 53.4 Å². The van der Waals surface area contributed by atoms with E-state index in [2.05, 4.69) is 66.7 Å². The molecular weight excluding hydrogens is 276 g/mol. The van der Waals surface area contributed by atoms with Crippen molar-refractivity contribution in [2.75, 3.05) is 19.8 Å². The van der Waals surface area contributed by atoms with Crippen LogP contribution in [0.25, 0.3) is 0 Å². The first-order valence-corrected chi connectivity index (χ1v) is 8.53. The zero-order chi connectivity index (χ0) is 15.1. The van der Waals surface area contributed by atoms with Crippen LogP contribution in [0.4, 0.5) is 0 Å². The number of benzene rings is 2. The summed E-state index contributed by atoms with van der Waals surface area (Å²) in [5, 5.41) is 0. The first kappa shape index (κ1) is 16.1. The van der Waals surface area contributed by atoms with Gasteiger partial charge < -0.3 is 5.73 Å². The Morgan fingerprint density at radius 2 is 1.62 bits per heavy atom. The summed E-state index contributed by atoms with van der Waals surface area (Å²) in [5.41, 5.74) is 9.61. The zero-order valence-corrected chi connectivity index (χ0v) is 13.7. The van der Waals surface area contributed by atoms with Gasteiger partial charge in [-0.05, 0) is 55.1 Å². The summed E-state index contributed by atoms with van der Waals surface area (Å²) in [4.78, 5) is 3.67. The lowest BCUT2D eigenvalue weighted by atomic mass is 10.1. The van der Waals surface area contributed by atoms with Crippen LogP contribution in [0.5, 0.6) is 0 Å². The molecule has 3 heteroatoms. The maximum absolute atomic E-state index is 5.58. The molecule has 2 N–H and O–H groups in total. The zero-order valence-electron chi connectivity index (χ0n) is 12.9. The first-order valence-electron chi connectivity index (χ1n) is 7.30. The van der Waals surface area contributed by atoms with E-state index in [9.17, 15) is 0 Å². The topological polar surface area (TPSA) is 29.3 Å². The van der Waals surface area contributed by atoms with Crippen molar-refractivity contribution in [3.05, 3.63) is 65.2 Å². The fourth-order valence-corrected chi connectivity index (χ4v) is 2.91. The van der Waals surface area contributed by atoms with Crippen LogP contribution in [-0.2, 0) is 19.5 Å². The van der Waals surface area contributed by atoms with Crippen molar-refractivity contribution in [3.8, 4) is 0 Å². The van der Waals surface area contributed by atoms with Gasteiger partial charge in [0.15, 0.2) is 0 Å². The molecule has 0 amide bonds. The van der Waals surface area contributed by atoms with Crippen molar-refractivity contribution in [1.82, 2.24) is 4.90 Å². The molecule has 0 saturated heterocycles. The van der Waals surface area contributed by atoms with Gasteiger partial charge in [0.05, 0.1) is 0 Å². The molecule has 0 unspecified atom stereocenters. The fourth-order valence-electron chi connectivity index (χ4n) is 2.43. The number of nitrogens with two attached hydrogens (primary N) is 1. The lowest BCUT2D eigenvalue weighted by Gasteiger charge is -2.17. The predicted octanol–water partition coefficient (Wildman–Crippen LogP) is 3.54. The molecule has 21 heavy (non-hydrogen) atoms. The Balaban J connectivity index is 1.92. The molecular formula is C18H24N2S. The normalized spacial score (nSPS) is 11.0. The van der Waals surface area contributed by atoms with Crippen molar-refractivity contribution in [2.45, 2.75) is 24.4 Å². The molecule has 0 aliphatic heterocycles. The molecule has 0 radical (unpaired) electrons. The summed E-state index contributed by atoms with van der Waals surface area (Å²) in [6.07, 6.45) is 3.07. The molecule has 0 bridgehead atoms. The second-order valence-electron chi connectivity index (χ2n) is 5.38. The van der Waals surface area contributed by atoms with Crippen LogP contribution >= 0.6 is 11.8 Å². The van der Waals surface area contributed by atoms with Crippen molar-refractivity contribution >= 4 is 11.8 Å². The van der Waals surface area contributed by atoms with Gasteiger partial charge in [-0.1, -0.05) is 36.4 Å². The lowest BCUT2D eigenvalue weighted by molar-refractivity contribution is 0.319. The Hall–Kier alpha value is -1.29. The molecule has 0 spiro atoms. The third-order valence-electron chi connectivity index (χ3n) is 3.50. The SMILES string of the molecule is CSc1cccc(CN(C)Cc2ccc(CCN)cc2)c1. The Labute approximate surface area is 132 Å². The summed E-state index contributed by atoms with van der Waals surface area (Å²) in [6.45, 7) is 2.65. The van der Waals surface area contributed by atoms with E-state index < -0.39 is 0 Å². The van der Waals surface area contributed by atoms with Crippen LogP contribution < -0.4 is 5.73 Å². The van der Waals surface area contributed by atoms with Gasteiger partial charge in [-0.3, -0.25) is 4.90 Å². The molecule has 0 heterocycles. The summed E-state index contributed by atoms with van der Waals surface area (Å²) in [5.74, 6) is 0. The molecule has 0 aliphatic rings. The highest BCUT2D eigenvalue weighted by Gasteiger charge is 2.03. The second-order valence-corrected chi connectivity index (χ2v) is 6.26. The van der Waals surface area contributed by atoms with E-state index in [-0.39, 0.29) is 0 Å². The maximum atomic E-state index is 5.58. The number of hydrogen-bond acceptors (Lipinski definition) is 3. The second kappa shape index (κ2) is 8.23. The van der Waals surface area contributed by atoms with E-state index in [0.29, 0.717) is 6.54 Å². The minimum absolute atomic E-state index is 0.713. The number of rotatable bonds is 7. The van der Waals surface area contributed by atoms with Crippen LogP contribution in [0, 0.1) is 0 Å². The summed E-state index contributed by atoms with van der Waals surface area (Å²) < 4.78 is 0. The van der Waals surface area contributed by atoms with E-state index in [1.807, 2.05) is 0 Å². The Morgan fingerprint density at radius 3 is 2.29 bits per heavy atom. The van der Waals surface area contributed by atoms with Crippen LogP contribution in [-0.4, -0.2) is 24.7 Å². The van der Waals surface area contributed by atoms with E-state index in [4.69, 9.17) is 5.73 Å². The van der Waals surface area contributed by atoms with E-state index >= 15 is 0 Å². The smallest absolute Gasteiger partial charge is 0.0234 e. The highest BCUT2D eigenvalue weighted by atomic mass is 32.2. The van der Waals surface area contributed by atoms with Gasteiger partial charge in [0.2, 0.25) is 0 Å². The van der Waals surface area contributed by atoms with Gasteiger partial charge in [-0.15, -0.1) is 11.8 Å². The largest absolute Gasteiger partial charge is 0.330 e. The fraction of sp³-hybridized carbons (Fsp3) is 0.333. The lowest BCUT2D eigenvalue weighted by Crippen LogP contribution is -2.17.